The second kappa shape index (κ2) is 4.71. The molecule has 0 bridgehead atoms. The van der Waals surface area contributed by atoms with Crippen molar-refractivity contribution in [2.24, 2.45) is 34.0 Å². The Kier molecular flexibility index (Phi) is 3.25. The number of hydrogen-bond donors (Lipinski definition) is 1. The molecule has 2 nitrogen and oxygen atoms in total. The molecule has 2 heteroatoms. The summed E-state index contributed by atoms with van der Waals surface area (Å²) in [6.45, 7) is 9.68. The van der Waals surface area contributed by atoms with E-state index in [0.29, 0.717) is 28.4 Å². The van der Waals surface area contributed by atoms with E-state index in [4.69, 9.17) is 0 Å². The predicted molar refractivity (Wildman–Crippen MR) is 91.9 cm³/mol. The molecular weight excluding hydrogens is 284 g/mol. The van der Waals surface area contributed by atoms with Crippen LogP contribution in [0.3, 0.4) is 0 Å². The highest BCUT2D eigenvalue weighted by molar-refractivity contribution is 5.94. The maximum Gasteiger partial charge on any atom is 0.159 e. The quantitative estimate of drug-likeness (QED) is 0.713. The number of allylic oxidation sites excluding steroid dienone is 1. The van der Waals surface area contributed by atoms with Gasteiger partial charge in [0.1, 0.15) is 0 Å². The van der Waals surface area contributed by atoms with Gasteiger partial charge in [0, 0.05) is 5.92 Å². The molecular formula is C21H32O2. The smallest absolute Gasteiger partial charge is 0.159 e. The maximum absolute atomic E-state index is 13.1. The lowest BCUT2D eigenvalue weighted by Gasteiger charge is -2.58. The van der Waals surface area contributed by atoms with Crippen molar-refractivity contribution in [2.75, 3.05) is 0 Å². The summed E-state index contributed by atoms with van der Waals surface area (Å²) in [6, 6.07) is 0. The Morgan fingerprint density at radius 2 is 1.70 bits per heavy atom. The molecule has 0 aromatic rings. The van der Waals surface area contributed by atoms with E-state index >= 15 is 0 Å². The normalized spacial score (nSPS) is 51.5. The van der Waals surface area contributed by atoms with E-state index in [1.807, 2.05) is 6.08 Å². The Balaban J connectivity index is 1.76. The summed E-state index contributed by atoms with van der Waals surface area (Å²) < 4.78 is 0. The number of carbonyl (C=O) groups excluding carboxylic acids is 1. The molecule has 0 heterocycles. The van der Waals surface area contributed by atoms with E-state index in [2.05, 4.69) is 27.7 Å². The summed E-state index contributed by atoms with van der Waals surface area (Å²) in [5.41, 5.74) is 2.09. The number of hydrogen-bond acceptors (Lipinski definition) is 2. The minimum atomic E-state index is -0.238. The SMILES string of the molecule is CC12CCC(O)CC1=CC(=O)C1C2CCC2(C)C1CCC2(C)C. The van der Waals surface area contributed by atoms with Gasteiger partial charge in [-0.15, -0.1) is 0 Å². The first kappa shape index (κ1) is 15.9. The molecule has 23 heavy (non-hydrogen) atoms. The van der Waals surface area contributed by atoms with Gasteiger partial charge in [-0.05, 0) is 79.1 Å². The van der Waals surface area contributed by atoms with Gasteiger partial charge in [0.25, 0.3) is 0 Å². The molecule has 6 unspecified atom stereocenters. The Labute approximate surface area is 140 Å². The summed E-state index contributed by atoms with van der Waals surface area (Å²) in [6.07, 6.45) is 9.34. The Morgan fingerprint density at radius 3 is 2.43 bits per heavy atom. The first-order valence-electron chi connectivity index (χ1n) is 9.62. The van der Waals surface area contributed by atoms with Crippen molar-refractivity contribution in [3.8, 4) is 0 Å². The number of rotatable bonds is 0. The van der Waals surface area contributed by atoms with Crippen molar-refractivity contribution < 1.29 is 9.90 Å². The predicted octanol–water partition coefficient (Wildman–Crippen LogP) is 4.52. The van der Waals surface area contributed by atoms with E-state index < -0.39 is 0 Å². The fourth-order valence-electron chi connectivity index (χ4n) is 6.88. The van der Waals surface area contributed by atoms with Gasteiger partial charge >= 0.3 is 0 Å². The van der Waals surface area contributed by atoms with Crippen LogP contribution in [0.5, 0.6) is 0 Å². The topological polar surface area (TPSA) is 37.3 Å². The number of aliphatic hydroxyl groups is 1. The third-order valence-corrected chi connectivity index (χ3v) is 8.94. The molecule has 0 spiro atoms. The molecule has 0 amide bonds. The van der Waals surface area contributed by atoms with Gasteiger partial charge in [-0.1, -0.05) is 33.3 Å². The summed E-state index contributed by atoms with van der Waals surface area (Å²) >= 11 is 0. The van der Waals surface area contributed by atoms with Crippen LogP contribution in [-0.2, 0) is 4.79 Å². The average molecular weight is 316 g/mol. The number of ketones is 1. The second-order valence-electron chi connectivity index (χ2n) is 10.0. The second-order valence-corrected chi connectivity index (χ2v) is 10.0. The lowest BCUT2D eigenvalue weighted by molar-refractivity contribution is -0.136. The number of carbonyl (C=O) groups is 1. The first-order valence-corrected chi connectivity index (χ1v) is 9.62. The third-order valence-electron chi connectivity index (χ3n) is 8.94. The first-order chi connectivity index (χ1) is 10.7. The van der Waals surface area contributed by atoms with Crippen LogP contribution in [0.1, 0.15) is 72.6 Å². The molecule has 0 saturated heterocycles. The Morgan fingerprint density at radius 1 is 1.00 bits per heavy atom. The van der Waals surface area contributed by atoms with Crippen LogP contribution in [0.4, 0.5) is 0 Å². The highest BCUT2D eigenvalue weighted by atomic mass is 16.3. The molecule has 4 aliphatic carbocycles. The van der Waals surface area contributed by atoms with Gasteiger partial charge < -0.3 is 5.11 Å². The van der Waals surface area contributed by atoms with Crippen LogP contribution in [0, 0.1) is 34.0 Å². The van der Waals surface area contributed by atoms with Gasteiger partial charge in [-0.3, -0.25) is 4.79 Å². The van der Waals surface area contributed by atoms with Gasteiger partial charge in [0.15, 0.2) is 5.78 Å². The number of fused-ring (bicyclic) bond motifs is 5. The zero-order valence-electron chi connectivity index (χ0n) is 15.2. The summed E-state index contributed by atoms with van der Waals surface area (Å²) in [4.78, 5) is 13.1. The summed E-state index contributed by atoms with van der Waals surface area (Å²) in [7, 11) is 0. The molecule has 6 atom stereocenters. The average Bonchev–Trinajstić information content (AvgIpc) is 2.72. The minimum Gasteiger partial charge on any atom is -0.393 e. The van der Waals surface area contributed by atoms with Crippen molar-refractivity contribution in [2.45, 2.75) is 78.7 Å². The monoisotopic (exact) mass is 316 g/mol. The Bertz CT molecular complexity index is 574. The van der Waals surface area contributed by atoms with E-state index in [1.165, 1.54) is 31.3 Å². The van der Waals surface area contributed by atoms with Crippen LogP contribution in [-0.4, -0.2) is 17.0 Å². The van der Waals surface area contributed by atoms with Crippen LogP contribution in [0.2, 0.25) is 0 Å². The number of aliphatic hydroxyl groups excluding tert-OH is 1. The summed E-state index contributed by atoms with van der Waals surface area (Å²) in [5, 5.41) is 10.1. The van der Waals surface area contributed by atoms with Crippen molar-refractivity contribution >= 4 is 5.78 Å². The highest BCUT2D eigenvalue weighted by Gasteiger charge is 2.62. The van der Waals surface area contributed by atoms with Gasteiger partial charge in [-0.25, -0.2) is 0 Å². The molecule has 3 fully saturated rings. The van der Waals surface area contributed by atoms with Gasteiger partial charge in [-0.2, -0.15) is 0 Å². The van der Waals surface area contributed by atoms with E-state index in [0.717, 1.165) is 19.3 Å². The highest BCUT2D eigenvalue weighted by Crippen LogP contribution is 2.68. The molecule has 4 rings (SSSR count). The minimum absolute atomic E-state index is 0.159. The molecule has 1 N–H and O–H groups in total. The molecule has 3 saturated carbocycles. The standard InChI is InChI=1S/C21H32O2/c1-19(2)8-6-16-18-15(7-10-21(16,19)4)20(3)9-5-14(22)11-13(20)12-17(18)23/h12,14-16,18,22H,5-11H2,1-4H3. The molecule has 0 radical (unpaired) electrons. The van der Waals surface area contributed by atoms with Gasteiger partial charge in [0.05, 0.1) is 6.10 Å². The molecule has 0 aromatic heterocycles. The molecule has 0 aliphatic heterocycles. The van der Waals surface area contributed by atoms with Crippen LogP contribution in [0.25, 0.3) is 0 Å². The largest absolute Gasteiger partial charge is 0.393 e. The van der Waals surface area contributed by atoms with Gasteiger partial charge in [0.2, 0.25) is 0 Å². The molecule has 0 aromatic carbocycles. The lowest BCUT2D eigenvalue weighted by Crippen LogP contribution is -2.54. The van der Waals surface area contributed by atoms with E-state index in [9.17, 15) is 9.90 Å². The lowest BCUT2D eigenvalue weighted by atomic mass is 9.46. The van der Waals surface area contributed by atoms with E-state index in [1.54, 1.807) is 0 Å². The van der Waals surface area contributed by atoms with Crippen molar-refractivity contribution in [3.05, 3.63) is 11.6 Å². The third kappa shape index (κ3) is 1.94. The fourth-order valence-corrected chi connectivity index (χ4v) is 6.88. The maximum atomic E-state index is 13.1. The van der Waals surface area contributed by atoms with Crippen molar-refractivity contribution in [1.29, 1.82) is 0 Å². The van der Waals surface area contributed by atoms with E-state index in [-0.39, 0.29) is 17.4 Å². The molecule has 128 valence electrons. The zero-order chi connectivity index (χ0) is 16.6. The molecule has 4 aliphatic rings. The van der Waals surface area contributed by atoms with Crippen LogP contribution < -0.4 is 0 Å². The van der Waals surface area contributed by atoms with Crippen LogP contribution >= 0.6 is 0 Å². The van der Waals surface area contributed by atoms with Crippen LogP contribution in [0.15, 0.2) is 11.6 Å². The zero-order valence-corrected chi connectivity index (χ0v) is 15.2. The fraction of sp³-hybridized carbons (Fsp3) is 0.857. The summed E-state index contributed by atoms with van der Waals surface area (Å²) in [5.74, 6) is 1.68. The van der Waals surface area contributed by atoms with Crippen molar-refractivity contribution in [1.82, 2.24) is 0 Å². The Hall–Kier alpha value is -0.630. The van der Waals surface area contributed by atoms with Crippen molar-refractivity contribution in [3.63, 3.8) is 0 Å².